The first-order valence-corrected chi connectivity index (χ1v) is 14.0. The third kappa shape index (κ3) is 5.46. The Morgan fingerprint density at radius 3 is 2.50 bits per heavy atom. The van der Waals surface area contributed by atoms with Crippen molar-refractivity contribution in [2.24, 2.45) is 0 Å². The Balaban J connectivity index is 1.71. The van der Waals surface area contributed by atoms with Crippen molar-refractivity contribution < 1.29 is 49.4 Å². The average molecular weight is 607 g/mol. The molecule has 0 bridgehead atoms. The molecule has 1 saturated heterocycles. The molecule has 2 aromatic rings. The minimum absolute atomic E-state index is 0.0996. The van der Waals surface area contributed by atoms with E-state index in [1.165, 1.54) is 6.07 Å². The number of halogens is 2. The van der Waals surface area contributed by atoms with Crippen LogP contribution in [-0.2, 0) is 35.8 Å². The van der Waals surface area contributed by atoms with E-state index in [1.807, 2.05) is 0 Å². The Bertz CT molecular complexity index is 1600. The number of H-pyrrole nitrogens is 1. The van der Waals surface area contributed by atoms with Crippen molar-refractivity contribution in [3.8, 4) is 5.75 Å². The van der Waals surface area contributed by atoms with Crippen LogP contribution in [0.15, 0.2) is 17.1 Å². The summed E-state index contributed by atoms with van der Waals surface area (Å²) < 4.78 is 82.5. The van der Waals surface area contributed by atoms with Gasteiger partial charge in [0.1, 0.15) is 35.0 Å². The number of ether oxygens (including phenoxy) is 1. The number of aromatic amines is 1. The second-order valence-corrected chi connectivity index (χ2v) is 13.5. The summed E-state index contributed by atoms with van der Waals surface area (Å²) in [6.07, 6.45) is -6.01. The van der Waals surface area contributed by atoms with E-state index >= 15 is 8.78 Å². The summed E-state index contributed by atoms with van der Waals surface area (Å²) in [5.41, 5.74) is -2.06. The number of alkyl halides is 1. The monoisotopic (exact) mass is 606 g/mol. The van der Waals surface area contributed by atoms with Crippen molar-refractivity contribution in [1.29, 1.82) is 0 Å². The number of aliphatic hydroxyl groups is 2. The molecule has 0 saturated carbocycles. The first-order valence-electron chi connectivity index (χ1n) is 13.1. The molecule has 3 heterocycles. The molecule has 1 aromatic heterocycles. The average Bonchev–Trinajstić information content (AvgIpc) is 3.07. The molecule has 0 amide bonds. The number of aromatic nitrogens is 2. The molecule has 40 heavy (non-hydrogen) atoms. The highest BCUT2D eigenvalue weighted by molar-refractivity contribution is 7.71. The van der Waals surface area contributed by atoms with Gasteiger partial charge in [-0.25, -0.2) is 18.1 Å². The Hall–Kier alpha value is -2.32. The Morgan fingerprint density at radius 2 is 1.93 bits per heavy atom. The number of fused-ring (bicyclic) bond motifs is 1. The molecule has 2 aliphatic heterocycles. The molecule has 1 unspecified atom stereocenters. The minimum atomic E-state index is -5.09. The van der Waals surface area contributed by atoms with E-state index in [0.29, 0.717) is 15.7 Å². The van der Waals surface area contributed by atoms with Crippen molar-refractivity contribution in [1.82, 2.24) is 9.55 Å². The number of hydrogen-bond acceptors (Lipinski definition) is 10. The van der Waals surface area contributed by atoms with Gasteiger partial charge in [-0.1, -0.05) is 53.8 Å². The number of phosphoric acid groups is 1. The lowest BCUT2D eigenvalue weighted by Crippen LogP contribution is -2.43. The maximum atomic E-state index is 16.2. The zero-order valence-electron chi connectivity index (χ0n) is 24.5. The Morgan fingerprint density at radius 1 is 1.30 bits per heavy atom. The third-order valence-corrected chi connectivity index (χ3v) is 7.98. The molecule has 15 heteroatoms. The molecule has 4 rings (SSSR count). The molecule has 0 radical (unpaired) electrons. The molecule has 0 spiro atoms. The number of phosphoric ester groups is 1. The fourth-order valence-corrected chi connectivity index (χ4v) is 5.54. The van der Waals surface area contributed by atoms with Crippen molar-refractivity contribution in [3.05, 3.63) is 55.5 Å². The highest BCUT2D eigenvalue weighted by Crippen LogP contribution is 2.58. The first-order chi connectivity index (χ1) is 19.1. The maximum absolute atomic E-state index is 16.2. The third-order valence-electron chi connectivity index (χ3n) is 6.48. The van der Waals surface area contributed by atoms with E-state index in [2.05, 4.69) is 4.98 Å². The van der Waals surface area contributed by atoms with Gasteiger partial charge in [0.15, 0.2) is 12.5 Å². The maximum Gasteiger partial charge on any atom is 0.530 e. The predicted octanol–water partition coefficient (Wildman–Crippen LogP) is 4.10. The van der Waals surface area contributed by atoms with Crippen molar-refractivity contribution in [3.63, 3.8) is 0 Å². The topological polar surface area (TPSA) is 149 Å². The van der Waals surface area contributed by atoms with Crippen molar-refractivity contribution in [2.75, 3.05) is 6.56 Å². The van der Waals surface area contributed by atoms with Gasteiger partial charge >= 0.3 is 13.5 Å². The van der Waals surface area contributed by atoms with Crippen LogP contribution < -0.4 is 10.2 Å². The Kier molecular flexibility index (Phi) is 7.09. The zero-order chi connectivity index (χ0) is 31.8. The summed E-state index contributed by atoms with van der Waals surface area (Å²) in [6, 6.07) is 1.54. The van der Waals surface area contributed by atoms with Crippen LogP contribution in [0.4, 0.5) is 8.78 Å². The molecular weight excluding hydrogens is 573 g/mol. The van der Waals surface area contributed by atoms with Gasteiger partial charge < -0.3 is 19.5 Å². The number of nitrogens with one attached hydrogen (secondary N) is 1. The normalized spacial score (nSPS) is 29.8. The molecule has 220 valence electrons. The van der Waals surface area contributed by atoms with Crippen molar-refractivity contribution >= 4 is 26.3 Å². The molecule has 1 fully saturated rings. The van der Waals surface area contributed by atoms with Crippen LogP contribution in [0, 0.1) is 10.5 Å². The SMILES string of the molecule is [2H]C([2H])(OP1(=O)OCc2c(F)c(C(C)(C)C)cc(C(C)(C)C)c2O1)[C@@]1(F)O[C@@H](n2cc(C=O)c(=S)[nH]c2=O)[C@H](O)[C@@H]1O. The summed E-state index contributed by atoms with van der Waals surface area (Å²) in [5, 5.41) is 21.0. The highest BCUT2D eigenvalue weighted by atomic mass is 32.1. The minimum Gasteiger partial charge on any atom is -0.403 e. The number of carbonyl (C=O) groups excluding carboxylic acids is 1. The summed E-state index contributed by atoms with van der Waals surface area (Å²) in [5.74, 6) is -4.89. The lowest BCUT2D eigenvalue weighted by Gasteiger charge is -2.34. The lowest BCUT2D eigenvalue weighted by molar-refractivity contribution is -0.205. The Labute approximate surface area is 236 Å². The molecule has 3 N–H and O–H groups in total. The molecule has 11 nitrogen and oxygen atoms in total. The van der Waals surface area contributed by atoms with Gasteiger partial charge in [-0.05, 0) is 22.5 Å². The zero-order valence-corrected chi connectivity index (χ0v) is 24.2. The van der Waals surface area contributed by atoms with Gasteiger partial charge in [-0.15, -0.1) is 0 Å². The van der Waals surface area contributed by atoms with Crippen LogP contribution in [-0.4, -0.2) is 50.7 Å². The van der Waals surface area contributed by atoms with Crippen LogP contribution >= 0.6 is 20.0 Å². The summed E-state index contributed by atoms with van der Waals surface area (Å²) >= 11 is 4.84. The lowest BCUT2D eigenvalue weighted by atomic mass is 9.78. The largest absolute Gasteiger partial charge is 0.530 e. The standard InChI is InChI=1S/C25H31F2N2O9PS/c1-23(2,3)14-7-15(24(4,5)6)18-13(16(14)26)10-35-39(34,38-18)36-11-25(27)19(32)17(31)21(37-25)29-8-12(9-30)20(40)28-22(29)33/h7-9,17,19,21,31-32H,10-11H2,1-6H3,(H,28,33,40)/t17-,19+,21-,25-,39?/m1/s1/i11D2. The van der Waals surface area contributed by atoms with Crippen LogP contribution in [0.3, 0.4) is 0 Å². The van der Waals surface area contributed by atoms with Crippen LogP contribution in [0.5, 0.6) is 5.75 Å². The van der Waals surface area contributed by atoms with E-state index in [0.717, 1.165) is 6.20 Å². The number of rotatable bonds is 5. The smallest absolute Gasteiger partial charge is 0.403 e. The van der Waals surface area contributed by atoms with E-state index in [4.69, 9.17) is 33.3 Å². The number of carbonyl (C=O) groups is 1. The second-order valence-electron chi connectivity index (χ2n) is 11.6. The highest BCUT2D eigenvalue weighted by Gasteiger charge is 2.58. The van der Waals surface area contributed by atoms with E-state index in [-0.39, 0.29) is 27.8 Å². The molecule has 0 aliphatic carbocycles. The van der Waals surface area contributed by atoms with Gasteiger partial charge in [0, 0.05) is 11.8 Å². The number of benzene rings is 1. The van der Waals surface area contributed by atoms with Crippen LogP contribution in [0.2, 0.25) is 0 Å². The fraction of sp³-hybridized carbons (Fsp3) is 0.560. The second kappa shape index (κ2) is 10.2. The van der Waals surface area contributed by atoms with Gasteiger partial charge in [0.25, 0.3) is 5.85 Å². The van der Waals surface area contributed by atoms with Crippen LogP contribution in [0.25, 0.3) is 0 Å². The fourth-order valence-electron chi connectivity index (χ4n) is 4.25. The first kappa shape index (κ1) is 27.8. The molecule has 5 atom stereocenters. The van der Waals surface area contributed by atoms with E-state index in [9.17, 15) is 24.4 Å². The van der Waals surface area contributed by atoms with Gasteiger partial charge in [-0.3, -0.25) is 23.4 Å². The quantitative estimate of drug-likeness (QED) is 0.258. The molecule has 1 aromatic carbocycles. The van der Waals surface area contributed by atoms with E-state index < -0.39 is 67.6 Å². The number of nitrogens with zero attached hydrogens (tertiary/aromatic N) is 1. The predicted molar refractivity (Wildman–Crippen MR) is 140 cm³/mol. The van der Waals surface area contributed by atoms with Gasteiger partial charge in [0.2, 0.25) is 0 Å². The summed E-state index contributed by atoms with van der Waals surface area (Å²) in [6.45, 7) is 6.18. The van der Waals surface area contributed by atoms with Gasteiger partial charge in [0.05, 0.1) is 20.5 Å². The summed E-state index contributed by atoms with van der Waals surface area (Å²) in [4.78, 5) is 25.8. The number of aliphatic hydroxyl groups excluding tert-OH is 2. The van der Waals surface area contributed by atoms with Crippen molar-refractivity contribution in [2.45, 2.75) is 83.3 Å². The number of hydrogen-bond donors (Lipinski definition) is 3. The van der Waals surface area contributed by atoms with Crippen LogP contribution in [0.1, 0.15) is 77.6 Å². The molecule has 2 aliphatic rings. The van der Waals surface area contributed by atoms with E-state index in [1.54, 1.807) is 41.5 Å². The molecular formula is C25H31F2N2O9PS. The number of aldehydes is 1. The van der Waals surface area contributed by atoms with Gasteiger partial charge in [-0.2, -0.15) is 0 Å². The summed E-state index contributed by atoms with van der Waals surface area (Å²) in [7, 11) is -5.09.